The summed E-state index contributed by atoms with van der Waals surface area (Å²) >= 11 is 0. The summed E-state index contributed by atoms with van der Waals surface area (Å²) in [7, 11) is 4.88. The van der Waals surface area contributed by atoms with Crippen molar-refractivity contribution >= 4 is 10.8 Å². The molecule has 0 amide bonds. The van der Waals surface area contributed by atoms with Crippen molar-refractivity contribution in [3.05, 3.63) is 93.9 Å². The lowest BCUT2D eigenvalue weighted by Gasteiger charge is -2.22. The van der Waals surface area contributed by atoms with E-state index in [2.05, 4.69) is 10.2 Å². The monoisotopic (exact) mass is 402 g/mol. The topological polar surface area (TPSA) is 73.4 Å². The lowest BCUT2D eigenvalue weighted by molar-refractivity contribution is 0.390. The molecule has 1 atom stereocenters. The zero-order chi connectivity index (χ0) is 21.1. The maximum Gasteiger partial charge on any atom is 0.272 e. The molecule has 1 aromatic heterocycles. The molecular formula is C24H22N2O4. The predicted octanol–water partition coefficient (Wildman–Crippen LogP) is 4.13. The average Bonchev–Trinajstić information content (AvgIpc) is 2.81. The Morgan fingerprint density at radius 1 is 0.800 bits per heavy atom. The molecule has 0 fully saturated rings. The first-order chi connectivity index (χ1) is 14.7. The highest BCUT2D eigenvalue weighted by Gasteiger charge is 2.25. The number of ether oxygens (including phenoxy) is 3. The van der Waals surface area contributed by atoms with Crippen LogP contribution in [0.5, 0.6) is 17.2 Å². The number of rotatable bonds is 6. The molecule has 152 valence electrons. The number of methoxy groups -OCH3 is 3. The van der Waals surface area contributed by atoms with Crippen LogP contribution >= 0.6 is 0 Å². The normalized spacial score (nSPS) is 11.8. The summed E-state index contributed by atoms with van der Waals surface area (Å²) in [5.74, 6) is 1.85. The van der Waals surface area contributed by atoms with Gasteiger partial charge in [0, 0.05) is 17.0 Å². The van der Waals surface area contributed by atoms with E-state index in [0.717, 1.165) is 28.0 Å². The maximum atomic E-state index is 12.3. The fourth-order valence-corrected chi connectivity index (χ4v) is 3.69. The third-order valence-electron chi connectivity index (χ3n) is 5.20. The quantitative estimate of drug-likeness (QED) is 0.525. The standard InChI is InChI=1S/C24H22N2O4/c1-28-16-10-8-15(9-11-16)22(20-13-12-17(29-2)14-21(20)30-3)23-18-6-4-5-7-19(18)24(27)26-25-23/h4-14,22H,1-3H3,(H,26,27). The fourth-order valence-electron chi connectivity index (χ4n) is 3.69. The summed E-state index contributed by atoms with van der Waals surface area (Å²) in [4.78, 5) is 12.3. The van der Waals surface area contributed by atoms with Crippen molar-refractivity contribution in [2.24, 2.45) is 0 Å². The van der Waals surface area contributed by atoms with Crippen LogP contribution in [-0.2, 0) is 0 Å². The molecule has 0 saturated heterocycles. The summed E-state index contributed by atoms with van der Waals surface area (Å²) in [6.07, 6.45) is 0. The molecule has 0 aliphatic heterocycles. The maximum absolute atomic E-state index is 12.3. The number of nitrogens with zero attached hydrogens (tertiary/aromatic N) is 1. The Bertz CT molecular complexity index is 1230. The summed E-state index contributed by atoms with van der Waals surface area (Å²) in [5.41, 5.74) is 2.42. The van der Waals surface area contributed by atoms with Gasteiger partial charge in [0.1, 0.15) is 17.2 Å². The smallest absolute Gasteiger partial charge is 0.272 e. The molecule has 1 heterocycles. The Morgan fingerprint density at radius 2 is 1.47 bits per heavy atom. The van der Waals surface area contributed by atoms with Gasteiger partial charge in [-0.1, -0.05) is 36.4 Å². The molecule has 1 N–H and O–H groups in total. The van der Waals surface area contributed by atoms with Gasteiger partial charge < -0.3 is 14.2 Å². The molecule has 0 saturated carbocycles. The summed E-state index contributed by atoms with van der Waals surface area (Å²) in [6.45, 7) is 0. The van der Waals surface area contributed by atoms with Gasteiger partial charge in [0.05, 0.1) is 38.3 Å². The van der Waals surface area contributed by atoms with Crippen molar-refractivity contribution in [2.75, 3.05) is 21.3 Å². The van der Waals surface area contributed by atoms with Gasteiger partial charge >= 0.3 is 0 Å². The number of fused-ring (bicyclic) bond motifs is 1. The minimum Gasteiger partial charge on any atom is -0.497 e. The van der Waals surface area contributed by atoms with Gasteiger partial charge in [-0.05, 0) is 29.8 Å². The first-order valence-electron chi connectivity index (χ1n) is 9.49. The van der Waals surface area contributed by atoms with Crippen molar-refractivity contribution in [2.45, 2.75) is 5.92 Å². The van der Waals surface area contributed by atoms with Crippen LogP contribution in [0.2, 0.25) is 0 Å². The van der Waals surface area contributed by atoms with E-state index in [4.69, 9.17) is 14.2 Å². The largest absolute Gasteiger partial charge is 0.497 e. The zero-order valence-corrected chi connectivity index (χ0v) is 17.0. The van der Waals surface area contributed by atoms with Crippen LogP contribution < -0.4 is 19.8 Å². The SMILES string of the molecule is COc1ccc(C(c2ccc(OC)cc2OC)c2n[nH]c(=O)c3ccccc23)cc1. The molecule has 3 aromatic carbocycles. The van der Waals surface area contributed by atoms with Crippen molar-refractivity contribution in [1.29, 1.82) is 0 Å². The van der Waals surface area contributed by atoms with Gasteiger partial charge in [-0.3, -0.25) is 4.79 Å². The summed E-state index contributed by atoms with van der Waals surface area (Å²) < 4.78 is 16.4. The molecule has 30 heavy (non-hydrogen) atoms. The Labute approximate surface area is 174 Å². The zero-order valence-electron chi connectivity index (χ0n) is 17.0. The van der Waals surface area contributed by atoms with E-state index in [1.54, 1.807) is 27.4 Å². The van der Waals surface area contributed by atoms with Crippen LogP contribution in [0.15, 0.2) is 71.5 Å². The lowest BCUT2D eigenvalue weighted by Crippen LogP contribution is -2.15. The Hall–Kier alpha value is -3.80. The number of H-pyrrole nitrogens is 1. The van der Waals surface area contributed by atoms with Gasteiger partial charge in [-0.15, -0.1) is 0 Å². The second kappa shape index (κ2) is 8.29. The molecular weight excluding hydrogens is 380 g/mol. The molecule has 4 aromatic rings. The van der Waals surface area contributed by atoms with Crippen LogP contribution in [0, 0.1) is 0 Å². The van der Waals surface area contributed by atoms with Gasteiger partial charge in [-0.2, -0.15) is 5.10 Å². The van der Waals surface area contributed by atoms with Gasteiger partial charge in [0.2, 0.25) is 0 Å². The average molecular weight is 402 g/mol. The molecule has 0 radical (unpaired) electrons. The van der Waals surface area contributed by atoms with Crippen molar-refractivity contribution < 1.29 is 14.2 Å². The highest BCUT2D eigenvalue weighted by Crippen LogP contribution is 2.40. The molecule has 0 spiro atoms. The number of aromatic nitrogens is 2. The molecule has 1 unspecified atom stereocenters. The molecule has 0 aliphatic carbocycles. The predicted molar refractivity (Wildman–Crippen MR) is 116 cm³/mol. The molecule has 6 nitrogen and oxygen atoms in total. The Balaban J connectivity index is 2.00. The Morgan fingerprint density at radius 3 is 2.13 bits per heavy atom. The molecule has 4 rings (SSSR count). The van der Waals surface area contributed by atoms with Crippen LogP contribution in [0.3, 0.4) is 0 Å². The van der Waals surface area contributed by atoms with Crippen LogP contribution in [0.4, 0.5) is 0 Å². The van der Waals surface area contributed by atoms with E-state index < -0.39 is 0 Å². The van der Waals surface area contributed by atoms with E-state index in [1.807, 2.05) is 60.7 Å². The van der Waals surface area contributed by atoms with Crippen molar-refractivity contribution in [1.82, 2.24) is 10.2 Å². The van der Waals surface area contributed by atoms with E-state index in [9.17, 15) is 4.79 Å². The first kappa shape index (κ1) is 19.5. The van der Waals surface area contributed by atoms with Gasteiger partial charge in [0.15, 0.2) is 0 Å². The lowest BCUT2D eigenvalue weighted by atomic mass is 9.85. The minimum absolute atomic E-state index is 0.218. The molecule has 0 aliphatic rings. The van der Waals surface area contributed by atoms with E-state index in [0.29, 0.717) is 16.9 Å². The first-order valence-corrected chi connectivity index (χ1v) is 9.49. The summed E-state index contributed by atoms with van der Waals surface area (Å²) in [5, 5.41) is 8.50. The number of hydrogen-bond acceptors (Lipinski definition) is 5. The number of hydrogen-bond donors (Lipinski definition) is 1. The van der Waals surface area contributed by atoms with Crippen LogP contribution in [0.1, 0.15) is 22.7 Å². The third-order valence-corrected chi connectivity index (χ3v) is 5.20. The van der Waals surface area contributed by atoms with Crippen molar-refractivity contribution in [3.8, 4) is 17.2 Å². The highest BCUT2D eigenvalue weighted by atomic mass is 16.5. The fraction of sp³-hybridized carbons (Fsp3) is 0.167. The second-order valence-electron chi connectivity index (χ2n) is 6.80. The Kier molecular flexibility index (Phi) is 5.39. The number of aromatic amines is 1. The molecule has 0 bridgehead atoms. The number of benzene rings is 3. The van der Waals surface area contributed by atoms with Gasteiger partial charge in [0.25, 0.3) is 5.56 Å². The minimum atomic E-state index is -0.279. The van der Waals surface area contributed by atoms with E-state index in [1.165, 1.54) is 0 Å². The third kappa shape index (κ3) is 3.48. The van der Waals surface area contributed by atoms with E-state index >= 15 is 0 Å². The van der Waals surface area contributed by atoms with Crippen LogP contribution in [-0.4, -0.2) is 31.5 Å². The highest BCUT2D eigenvalue weighted by molar-refractivity contribution is 5.85. The van der Waals surface area contributed by atoms with Crippen LogP contribution in [0.25, 0.3) is 10.8 Å². The van der Waals surface area contributed by atoms with Crippen molar-refractivity contribution in [3.63, 3.8) is 0 Å². The summed E-state index contributed by atoms with van der Waals surface area (Å²) in [6, 6.07) is 21.0. The second-order valence-corrected chi connectivity index (χ2v) is 6.80. The van der Waals surface area contributed by atoms with Gasteiger partial charge in [-0.25, -0.2) is 5.10 Å². The number of nitrogens with one attached hydrogen (secondary N) is 1. The van der Waals surface area contributed by atoms with E-state index in [-0.39, 0.29) is 11.5 Å². The molecule has 6 heteroatoms.